The topological polar surface area (TPSA) is 22.0 Å². The normalized spacial score (nSPS) is 15.8. The quantitative estimate of drug-likeness (QED) is 0.692. The minimum atomic E-state index is 0.174. The molecule has 0 spiro atoms. The van der Waals surface area contributed by atoms with Crippen molar-refractivity contribution in [2.75, 3.05) is 0 Å². The van der Waals surface area contributed by atoms with Gasteiger partial charge in [0.1, 0.15) is 0 Å². The van der Waals surface area contributed by atoms with Crippen molar-refractivity contribution in [3.8, 4) is 0 Å². The lowest BCUT2D eigenvalue weighted by atomic mass is 10.1. The van der Waals surface area contributed by atoms with Crippen LogP contribution in [0.5, 0.6) is 0 Å². The molecule has 0 bridgehead atoms. The second-order valence-electron chi connectivity index (χ2n) is 4.30. The molecule has 0 amide bonds. The monoisotopic (exact) mass is 199 g/mol. The first-order chi connectivity index (χ1) is 7.27. The summed E-state index contributed by atoms with van der Waals surface area (Å²) in [5.74, 6) is 0. The van der Waals surface area contributed by atoms with Gasteiger partial charge >= 0.3 is 0 Å². The molecule has 1 aromatic heterocycles. The first kappa shape index (κ1) is 8.72. The van der Waals surface area contributed by atoms with Crippen LogP contribution in [0.25, 0.3) is 10.8 Å². The summed E-state index contributed by atoms with van der Waals surface area (Å²) in [6, 6.07) is 8.50. The van der Waals surface area contributed by atoms with E-state index in [4.69, 9.17) is 0 Å². The minimum Gasteiger partial charge on any atom is -0.312 e. The van der Waals surface area contributed by atoms with E-state index in [9.17, 15) is 4.79 Å². The van der Waals surface area contributed by atoms with Crippen LogP contribution in [0.4, 0.5) is 0 Å². The van der Waals surface area contributed by atoms with Gasteiger partial charge in [-0.1, -0.05) is 18.2 Å². The lowest BCUT2D eigenvalue weighted by Crippen LogP contribution is -2.18. The molecule has 1 aromatic carbocycles. The number of rotatable bonds is 1. The highest BCUT2D eigenvalue weighted by molar-refractivity contribution is 5.84. The van der Waals surface area contributed by atoms with E-state index in [0.717, 1.165) is 29.2 Å². The smallest absolute Gasteiger partial charge is 0.258 e. The lowest BCUT2D eigenvalue weighted by molar-refractivity contribution is 0.714. The maximum Gasteiger partial charge on any atom is 0.258 e. The molecule has 1 aliphatic carbocycles. The van der Waals surface area contributed by atoms with Crippen molar-refractivity contribution >= 4 is 10.8 Å². The Morgan fingerprint density at radius 2 is 2.07 bits per heavy atom. The second kappa shape index (κ2) is 2.96. The van der Waals surface area contributed by atoms with Gasteiger partial charge in [0.05, 0.1) is 5.39 Å². The molecule has 76 valence electrons. The molecule has 0 N–H and O–H groups in total. The third-order valence-electron chi connectivity index (χ3n) is 3.11. The van der Waals surface area contributed by atoms with E-state index in [0.29, 0.717) is 6.04 Å². The fourth-order valence-electron chi connectivity index (χ4n) is 2.12. The molecule has 0 aliphatic heterocycles. The Kier molecular flexibility index (Phi) is 1.72. The van der Waals surface area contributed by atoms with Crippen molar-refractivity contribution in [1.82, 2.24) is 4.57 Å². The first-order valence-electron chi connectivity index (χ1n) is 5.38. The Hall–Kier alpha value is -1.57. The van der Waals surface area contributed by atoms with Crippen LogP contribution in [-0.2, 0) is 0 Å². The molecule has 1 fully saturated rings. The average molecular weight is 199 g/mol. The summed E-state index contributed by atoms with van der Waals surface area (Å²) >= 11 is 0. The van der Waals surface area contributed by atoms with Crippen molar-refractivity contribution in [2.45, 2.75) is 25.8 Å². The van der Waals surface area contributed by atoms with E-state index in [1.807, 2.05) is 42.0 Å². The van der Waals surface area contributed by atoms with Crippen LogP contribution in [0.1, 0.15) is 24.4 Å². The van der Waals surface area contributed by atoms with Gasteiger partial charge in [-0.2, -0.15) is 0 Å². The van der Waals surface area contributed by atoms with E-state index in [1.54, 1.807) is 0 Å². The van der Waals surface area contributed by atoms with Gasteiger partial charge in [-0.25, -0.2) is 0 Å². The van der Waals surface area contributed by atoms with E-state index < -0.39 is 0 Å². The summed E-state index contributed by atoms with van der Waals surface area (Å²) in [6.45, 7) is 2.00. The lowest BCUT2D eigenvalue weighted by Gasteiger charge is -2.06. The molecular weight excluding hydrogens is 186 g/mol. The fraction of sp³-hybridized carbons (Fsp3) is 0.308. The number of fused-ring (bicyclic) bond motifs is 1. The number of pyridine rings is 1. The molecule has 1 aliphatic rings. The molecule has 1 heterocycles. The van der Waals surface area contributed by atoms with Crippen molar-refractivity contribution in [3.63, 3.8) is 0 Å². The number of benzene rings is 1. The number of aryl methyl sites for hydroxylation is 1. The van der Waals surface area contributed by atoms with Crippen LogP contribution < -0.4 is 5.56 Å². The molecule has 0 atom stereocenters. The van der Waals surface area contributed by atoms with Gasteiger partial charge in [-0.3, -0.25) is 4.79 Å². The molecule has 1 saturated carbocycles. The van der Waals surface area contributed by atoms with Gasteiger partial charge in [0, 0.05) is 12.2 Å². The van der Waals surface area contributed by atoms with E-state index in [2.05, 4.69) is 0 Å². The number of hydrogen-bond acceptors (Lipinski definition) is 1. The van der Waals surface area contributed by atoms with Gasteiger partial charge < -0.3 is 4.57 Å². The summed E-state index contributed by atoms with van der Waals surface area (Å²) in [5.41, 5.74) is 1.25. The number of hydrogen-bond donors (Lipinski definition) is 0. The Morgan fingerprint density at radius 1 is 1.27 bits per heavy atom. The second-order valence-corrected chi connectivity index (χ2v) is 4.30. The molecule has 3 rings (SSSR count). The van der Waals surface area contributed by atoms with Crippen LogP contribution in [0.15, 0.2) is 35.3 Å². The maximum atomic E-state index is 12.2. The zero-order chi connectivity index (χ0) is 10.4. The van der Waals surface area contributed by atoms with Crippen LogP contribution in [-0.4, -0.2) is 4.57 Å². The fourth-order valence-corrected chi connectivity index (χ4v) is 2.12. The summed E-state index contributed by atoms with van der Waals surface area (Å²) in [5, 5.41) is 1.93. The minimum absolute atomic E-state index is 0.174. The molecule has 0 unspecified atom stereocenters. The Morgan fingerprint density at radius 3 is 2.80 bits per heavy atom. The average Bonchev–Trinajstić information content (AvgIpc) is 3.02. The van der Waals surface area contributed by atoms with Crippen molar-refractivity contribution in [3.05, 3.63) is 46.4 Å². The molecule has 0 radical (unpaired) electrons. The molecular formula is C13H13NO. The number of nitrogens with zero attached hydrogens (tertiary/aromatic N) is 1. The van der Waals surface area contributed by atoms with Gasteiger partial charge in [-0.05, 0) is 36.8 Å². The Bertz CT molecular complexity index is 579. The van der Waals surface area contributed by atoms with Crippen molar-refractivity contribution in [1.29, 1.82) is 0 Å². The van der Waals surface area contributed by atoms with Crippen LogP contribution in [0, 0.1) is 6.92 Å². The summed E-state index contributed by atoms with van der Waals surface area (Å²) < 4.78 is 1.88. The summed E-state index contributed by atoms with van der Waals surface area (Å²) in [6.07, 6.45) is 4.23. The molecule has 2 aromatic rings. The third kappa shape index (κ3) is 1.29. The predicted molar refractivity (Wildman–Crippen MR) is 61.2 cm³/mol. The van der Waals surface area contributed by atoms with Gasteiger partial charge in [0.25, 0.3) is 5.56 Å². The molecule has 2 nitrogen and oxygen atoms in total. The predicted octanol–water partition coefficient (Wildman–Crippen LogP) is 2.64. The van der Waals surface area contributed by atoms with Crippen LogP contribution in [0.3, 0.4) is 0 Å². The zero-order valence-corrected chi connectivity index (χ0v) is 8.73. The van der Waals surface area contributed by atoms with Gasteiger partial charge in [0.2, 0.25) is 0 Å². The molecule has 15 heavy (non-hydrogen) atoms. The van der Waals surface area contributed by atoms with Gasteiger partial charge in [-0.15, -0.1) is 0 Å². The Labute approximate surface area is 88.2 Å². The van der Waals surface area contributed by atoms with E-state index in [-0.39, 0.29) is 5.56 Å². The third-order valence-corrected chi connectivity index (χ3v) is 3.11. The SMILES string of the molecule is Cc1cccc2ccn(C3CC3)c(=O)c12. The maximum absolute atomic E-state index is 12.2. The van der Waals surface area contributed by atoms with Crippen LogP contribution >= 0.6 is 0 Å². The molecule has 0 saturated heterocycles. The summed E-state index contributed by atoms with van der Waals surface area (Å²) in [4.78, 5) is 12.2. The largest absolute Gasteiger partial charge is 0.312 e. The van der Waals surface area contributed by atoms with E-state index in [1.165, 1.54) is 0 Å². The van der Waals surface area contributed by atoms with E-state index >= 15 is 0 Å². The zero-order valence-electron chi connectivity index (χ0n) is 8.73. The van der Waals surface area contributed by atoms with Crippen molar-refractivity contribution < 1.29 is 0 Å². The highest BCUT2D eigenvalue weighted by Crippen LogP contribution is 2.33. The highest BCUT2D eigenvalue weighted by atomic mass is 16.1. The molecule has 2 heteroatoms. The standard InChI is InChI=1S/C13H13NO/c1-9-3-2-4-10-7-8-14(11-5-6-11)13(15)12(9)10/h2-4,7-8,11H,5-6H2,1H3. The first-order valence-corrected chi connectivity index (χ1v) is 5.38. The highest BCUT2D eigenvalue weighted by Gasteiger charge is 2.24. The van der Waals surface area contributed by atoms with Gasteiger partial charge in [0.15, 0.2) is 0 Å². The number of aromatic nitrogens is 1. The van der Waals surface area contributed by atoms with Crippen molar-refractivity contribution in [2.24, 2.45) is 0 Å². The Balaban J connectivity index is 2.40. The summed E-state index contributed by atoms with van der Waals surface area (Å²) in [7, 11) is 0. The van der Waals surface area contributed by atoms with Crippen LogP contribution in [0.2, 0.25) is 0 Å².